The third kappa shape index (κ3) is 8.80. The average Bonchev–Trinajstić information content (AvgIpc) is 4.12. The Kier molecular flexibility index (Phi) is 11.9. The topological polar surface area (TPSA) is 192 Å². The molecule has 6 atom stereocenters. The number of hydrogen-bond donors (Lipinski definition) is 3. The maximum absolute atomic E-state index is 14.9. The number of fused-ring (bicyclic) bond motifs is 3. The van der Waals surface area contributed by atoms with Crippen molar-refractivity contribution in [1.82, 2.24) is 25.2 Å². The smallest absolute Gasteiger partial charge is 0.407 e. The highest BCUT2D eigenvalue weighted by molar-refractivity contribution is 7.91. The molecule has 1 saturated heterocycles. The Morgan fingerprint density at radius 2 is 1.88 bits per heavy atom. The molecule has 0 radical (unpaired) electrons. The van der Waals surface area contributed by atoms with Crippen LogP contribution in [0.5, 0.6) is 17.4 Å². The number of ether oxygens (including phenoxy) is 4. The molecular weight excluding hydrogens is 755 g/mol. The number of nitrogens with one attached hydrogen (secondary N) is 3. The van der Waals surface area contributed by atoms with E-state index in [0.29, 0.717) is 67.0 Å². The van der Waals surface area contributed by atoms with E-state index in [4.69, 9.17) is 23.9 Å². The SMILES string of the molecule is C=C[C@H]1C[C@]1(NC(=O)[C@@H]1C[C@@H]2CN1C(=O)[C@H](C1CCCCC1)NC(=O)OC[C@H](C)CCCc1cc3c(cc(OCC)nc3cc1OC)O2)C(=O)NS(=O)(=O)C1CC1. The summed E-state index contributed by atoms with van der Waals surface area (Å²) in [5, 5.41) is 5.81. The Morgan fingerprint density at radius 3 is 2.56 bits per heavy atom. The molecule has 16 heteroatoms. The van der Waals surface area contributed by atoms with Crippen molar-refractivity contribution in [3.05, 3.63) is 36.4 Å². The summed E-state index contributed by atoms with van der Waals surface area (Å²) >= 11 is 0. The molecule has 1 aromatic heterocycles. The summed E-state index contributed by atoms with van der Waals surface area (Å²) in [6.07, 6.45) is 7.74. The molecule has 2 aromatic rings. The van der Waals surface area contributed by atoms with Gasteiger partial charge in [-0.05, 0) is 81.8 Å². The molecule has 5 aliphatic rings. The van der Waals surface area contributed by atoms with Crippen LogP contribution in [-0.4, -0.2) is 98.0 Å². The molecule has 4 bridgehead atoms. The molecule has 310 valence electrons. The summed E-state index contributed by atoms with van der Waals surface area (Å²) in [6.45, 7) is 8.19. The number of cyclic esters (lactones) is 1. The molecule has 7 rings (SSSR count). The van der Waals surface area contributed by atoms with Crippen molar-refractivity contribution in [2.24, 2.45) is 17.8 Å². The first kappa shape index (κ1) is 40.6. The molecule has 2 aliphatic heterocycles. The molecule has 1 aromatic carbocycles. The Bertz CT molecular complexity index is 2000. The van der Waals surface area contributed by atoms with E-state index in [2.05, 4.69) is 21.9 Å². The van der Waals surface area contributed by atoms with Gasteiger partial charge in [-0.2, -0.15) is 0 Å². The number of nitrogens with zero attached hydrogens (tertiary/aromatic N) is 2. The lowest BCUT2D eigenvalue weighted by Crippen LogP contribution is -2.59. The lowest BCUT2D eigenvalue weighted by Gasteiger charge is -2.34. The average molecular weight is 810 g/mol. The Balaban J connectivity index is 1.26. The Morgan fingerprint density at radius 1 is 1.11 bits per heavy atom. The van der Waals surface area contributed by atoms with Crippen LogP contribution in [0.2, 0.25) is 0 Å². The van der Waals surface area contributed by atoms with Crippen LogP contribution in [-0.2, 0) is 35.6 Å². The highest BCUT2D eigenvalue weighted by Gasteiger charge is 2.62. The van der Waals surface area contributed by atoms with Gasteiger partial charge in [0.25, 0.3) is 5.91 Å². The molecule has 3 saturated carbocycles. The second-order valence-electron chi connectivity index (χ2n) is 16.4. The van der Waals surface area contributed by atoms with E-state index in [1.54, 1.807) is 13.2 Å². The first-order valence-corrected chi connectivity index (χ1v) is 22.0. The summed E-state index contributed by atoms with van der Waals surface area (Å²) < 4.78 is 51.8. The van der Waals surface area contributed by atoms with Crippen LogP contribution < -0.4 is 29.6 Å². The van der Waals surface area contributed by atoms with Gasteiger partial charge in [-0.15, -0.1) is 6.58 Å². The van der Waals surface area contributed by atoms with Crippen molar-refractivity contribution in [2.75, 3.05) is 26.9 Å². The highest BCUT2D eigenvalue weighted by Crippen LogP contribution is 2.46. The van der Waals surface area contributed by atoms with Crippen LogP contribution in [0.4, 0.5) is 4.79 Å². The van der Waals surface area contributed by atoms with Gasteiger partial charge in [-0.25, -0.2) is 18.2 Å². The maximum atomic E-state index is 14.9. The number of methoxy groups -OCH3 is 1. The molecule has 0 unspecified atom stereocenters. The fourth-order valence-corrected chi connectivity index (χ4v) is 10.0. The summed E-state index contributed by atoms with van der Waals surface area (Å²) in [5.41, 5.74) is -0.0193. The van der Waals surface area contributed by atoms with Gasteiger partial charge in [0.15, 0.2) is 0 Å². The van der Waals surface area contributed by atoms with Crippen LogP contribution >= 0.6 is 0 Å². The van der Waals surface area contributed by atoms with Crippen molar-refractivity contribution in [1.29, 1.82) is 0 Å². The number of rotatable bonds is 10. The molecule has 4 amide bonds. The van der Waals surface area contributed by atoms with E-state index in [9.17, 15) is 27.6 Å². The predicted octanol–water partition coefficient (Wildman–Crippen LogP) is 4.31. The van der Waals surface area contributed by atoms with Gasteiger partial charge in [0.2, 0.25) is 27.7 Å². The second-order valence-corrected chi connectivity index (χ2v) is 18.3. The quantitative estimate of drug-likeness (QED) is 0.290. The Labute approximate surface area is 334 Å². The van der Waals surface area contributed by atoms with Gasteiger partial charge in [-0.3, -0.25) is 19.1 Å². The zero-order chi connectivity index (χ0) is 40.5. The van der Waals surface area contributed by atoms with Crippen molar-refractivity contribution >= 4 is 44.7 Å². The first-order chi connectivity index (χ1) is 27.3. The molecular formula is C41H55N5O10S. The lowest BCUT2D eigenvalue weighted by atomic mass is 9.83. The van der Waals surface area contributed by atoms with Gasteiger partial charge in [-0.1, -0.05) is 32.3 Å². The maximum Gasteiger partial charge on any atom is 0.407 e. The van der Waals surface area contributed by atoms with Crippen LogP contribution in [0.15, 0.2) is 30.9 Å². The number of carbonyl (C=O) groups excluding carboxylic acids is 4. The fourth-order valence-electron chi connectivity index (χ4n) is 8.66. The number of alkyl carbamates (subject to hydrolysis) is 1. The van der Waals surface area contributed by atoms with E-state index < -0.39 is 68.7 Å². The number of benzene rings is 1. The van der Waals surface area contributed by atoms with Crippen molar-refractivity contribution in [2.45, 2.75) is 120 Å². The third-order valence-electron chi connectivity index (χ3n) is 12.1. The number of hydrogen-bond acceptors (Lipinski definition) is 11. The molecule has 57 heavy (non-hydrogen) atoms. The van der Waals surface area contributed by atoms with Gasteiger partial charge >= 0.3 is 6.09 Å². The van der Waals surface area contributed by atoms with E-state index in [-0.39, 0.29) is 37.8 Å². The van der Waals surface area contributed by atoms with Crippen LogP contribution in [0, 0.1) is 17.8 Å². The van der Waals surface area contributed by atoms with Crippen molar-refractivity contribution in [3.63, 3.8) is 0 Å². The van der Waals surface area contributed by atoms with Gasteiger partial charge < -0.3 is 34.5 Å². The summed E-state index contributed by atoms with van der Waals surface area (Å²) in [7, 11) is -2.30. The van der Waals surface area contributed by atoms with Gasteiger partial charge in [0.05, 0.1) is 37.6 Å². The standard InChI is InChI=1S/C41H55N5O10S/c1-5-27-21-41(27,39(49)45-57(51,52)29-15-16-29)44-37(47)32-18-28-22-46(32)38(48)36(25-12-8-7-9-13-25)43-40(50)55-23-24(3)11-10-14-26-17-30-31(19-33(26)53-4)42-35(54-6-2)20-34(30)56-28/h5,17,19-20,24-25,27-29,32,36H,1,6-16,18,21-23H2,2-4H3,(H,43,50)(H,44,47)(H,45,49)/t24-,27+,28-,32+,36+,41-/m1/s1. The van der Waals surface area contributed by atoms with E-state index in [1.807, 2.05) is 26.0 Å². The van der Waals surface area contributed by atoms with Crippen LogP contribution in [0.25, 0.3) is 10.9 Å². The van der Waals surface area contributed by atoms with E-state index in [0.717, 1.165) is 37.7 Å². The largest absolute Gasteiger partial charge is 0.496 e. The third-order valence-corrected chi connectivity index (χ3v) is 14.0. The number of pyridine rings is 1. The van der Waals surface area contributed by atoms with E-state index >= 15 is 0 Å². The minimum absolute atomic E-state index is 0.00909. The van der Waals surface area contributed by atoms with Crippen LogP contribution in [0.3, 0.4) is 0 Å². The normalized spacial score (nSPS) is 28.6. The minimum Gasteiger partial charge on any atom is -0.496 e. The number of amides is 4. The van der Waals surface area contributed by atoms with Crippen molar-refractivity contribution in [3.8, 4) is 17.4 Å². The number of carbonyl (C=O) groups is 4. The van der Waals surface area contributed by atoms with Gasteiger partial charge in [0.1, 0.15) is 35.2 Å². The molecule has 3 N–H and O–H groups in total. The predicted molar refractivity (Wildman–Crippen MR) is 210 cm³/mol. The summed E-state index contributed by atoms with van der Waals surface area (Å²) in [6, 6.07) is 3.46. The number of sulfonamides is 1. The molecule has 3 heterocycles. The Hall–Kier alpha value is -4.60. The molecule has 3 aliphatic carbocycles. The van der Waals surface area contributed by atoms with Crippen LogP contribution in [0.1, 0.15) is 90.0 Å². The zero-order valence-electron chi connectivity index (χ0n) is 33.0. The van der Waals surface area contributed by atoms with Gasteiger partial charge in [0, 0.05) is 29.9 Å². The highest BCUT2D eigenvalue weighted by atomic mass is 32.2. The summed E-state index contributed by atoms with van der Waals surface area (Å²) in [4.78, 5) is 62.6. The fraction of sp³-hybridized carbons (Fsp3) is 0.634. The number of aromatic nitrogens is 1. The van der Waals surface area contributed by atoms with Crippen molar-refractivity contribution < 1.29 is 46.5 Å². The lowest BCUT2D eigenvalue weighted by molar-refractivity contribution is -0.142. The molecule has 0 spiro atoms. The minimum atomic E-state index is -3.91. The molecule has 15 nitrogen and oxygen atoms in total. The first-order valence-electron chi connectivity index (χ1n) is 20.4. The monoisotopic (exact) mass is 809 g/mol. The summed E-state index contributed by atoms with van der Waals surface area (Å²) in [5.74, 6) is -1.12. The number of aryl methyl sites for hydroxylation is 1. The molecule has 4 fully saturated rings. The second kappa shape index (κ2) is 16.7. The van der Waals surface area contributed by atoms with E-state index in [1.165, 1.54) is 11.0 Å². The zero-order valence-corrected chi connectivity index (χ0v) is 33.9.